The summed E-state index contributed by atoms with van der Waals surface area (Å²) >= 11 is 0. The van der Waals surface area contributed by atoms with E-state index in [0.29, 0.717) is 18.7 Å². The molecule has 1 aromatic carbocycles. The van der Waals surface area contributed by atoms with Crippen LogP contribution in [0.3, 0.4) is 0 Å². The molecule has 2 N–H and O–H groups in total. The fourth-order valence-corrected chi connectivity index (χ4v) is 2.42. The summed E-state index contributed by atoms with van der Waals surface area (Å²) in [6.07, 6.45) is 3.61. The van der Waals surface area contributed by atoms with E-state index in [9.17, 15) is 4.79 Å². The highest BCUT2D eigenvalue weighted by Gasteiger charge is 2.09. The lowest BCUT2D eigenvalue weighted by atomic mass is 10.1. The van der Waals surface area contributed by atoms with Crippen LogP contribution in [-0.4, -0.2) is 27.2 Å². The number of hydrogen-bond donors (Lipinski definition) is 2. The second-order valence-corrected chi connectivity index (χ2v) is 5.16. The van der Waals surface area contributed by atoms with Crippen LogP contribution in [0.5, 0.6) is 0 Å². The van der Waals surface area contributed by atoms with Gasteiger partial charge in [0.1, 0.15) is 0 Å². The fraction of sp³-hybridized carbons (Fsp3) is 0.250. The van der Waals surface area contributed by atoms with Gasteiger partial charge in [0, 0.05) is 41.1 Å². The van der Waals surface area contributed by atoms with E-state index in [-0.39, 0.29) is 5.91 Å². The van der Waals surface area contributed by atoms with E-state index < -0.39 is 0 Å². The molecular weight excluding hydrogens is 264 g/mol. The Morgan fingerprint density at radius 1 is 1.38 bits per heavy atom. The maximum Gasteiger partial charge on any atom is 0.251 e. The van der Waals surface area contributed by atoms with Crippen molar-refractivity contribution in [1.82, 2.24) is 20.1 Å². The molecule has 0 spiro atoms. The third-order valence-corrected chi connectivity index (χ3v) is 3.76. The number of H-pyrrole nitrogens is 1. The van der Waals surface area contributed by atoms with E-state index in [1.807, 2.05) is 37.4 Å². The number of hydrogen-bond acceptors (Lipinski definition) is 2. The van der Waals surface area contributed by atoms with Gasteiger partial charge in [-0.1, -0.05) is 0 Å². The molecule has 0 aliphatic carbocycles. The Balaban J connectivity index is 1.70. The molecule has 2 aromatic heterocycles. The van der Waals surface area contributed by atoms with Crippen molar-refractivity contribution in [2.75, 3.05) is 6.54 Å². The highest BCUT2D eigenvalue weighted by Crippen LogP contribution is 2.22. The van der Waals surface area contributed by atoms with Crippen molar-refractivity contribution in [3.8, 4) is 0 Å². The predicted molar refractivity (Wildman–Crippen MR) is 82.3 cm³/mol. The highest BCUT2D eigenvalue weighted by atomic mass is 16.1. The van der Waals surface area contributed by atoms with Gasteiger partial charge >= 0.3 is 0 Å². The first-order valence-electron chi connectivity index (χ1n) is 7.00. The Hall–Kier alpha value is -2.56. The monoisotopic (exact) mass is 282 g/mol. The molecule has 108 valence electrons. The maximum absolute atomic E-state index is 12.2. The Labute approximate surface area is 123 Å². The zero-order valence-electron chi connectivity index (χ0n) is 12.2. The second kappa shape index (κ2) is 5.44. The molecule has 0 fully saturated rings. The van der Waals surface area contributed by atoms with E-state index >= 15 is 0 Å². The van der Waals surface area contributed by atoms with Crippen LogP contribution in [0.15, 0.2) is 36.7 Å². The first-order valence-corrected chi connectivity index (χ1v) is 7.00. The second-order valence-electron chi connectivity index (χ2n) is 5.16. The lowest BCUT2D eigenvalue weighted by molar-refractivity contribution is 0.0952. The van der Waals surface area contributed by atoms with Crippen molar-refractivity contribution >= 4 is 16.8 Å². The number of aromatic amines is 1. The number of nitrogens with one attached hydrogen (secondary N) is 2. The molecule has 3 aromatic rings. The van der Waals surface area contributed by atoms with E-state index in [2.05, 4.69) is 22.3 Å². The number of aryl methyl sites for hydroxylation is 2. The number of nitrogens with zero attached hydrogens (tertiary/aromatic N) is 2. The number of fused-ring (bicyclic) bond motifs is 1. The van der Waals surface area contributed by atoms with Crippen molar-refractivity contribution in [2.45, 2.75) is 20.4 Å². The molecule has 0 aliphatic heterocycles. The van der Waals surface area contributed by atoms with Crippen molar-refractivity contribution in [3.05, 3.63) is 53.5 Å². The summed E-state index contributed by atoms with van der Waals surface area (Å²) in [7, 11) is 0. The van der Waals surface area contributed by atoms with Gasteiger partial charge in [0.05, 0.1) is 6.54 Å². The van der Waals surface area contributed by atoms with Gasteiger partial charge in [0.25, 0.3) is 5.91 Å². The van der Waals surface area contributed by atoms with Gasteiger partial charge in [-0.3, -0.25) is 9.48 Å². The molecule has 0 saturated heterocycles. The highest BCUT2D eigenvalue weighted by molar-refractivity contribution is 5.99. The third-order valence-electron chi connectivity index (χ3n) is 3.76. The van der Waals surface area contributed by atoms with Crippen LogP contribution in [0.2, 0.25) is 0 Å². The average molecular weight is 282 g/mol. The van der Waals surface area contributed by atoms with Crippen LogP contribution >= 0.6 is 0 Å². The van der Waals surface area contributed by atoms with Crippen molar-refractivity contribution in [3.63, 3.8) is 0 Å². The Morgan fingerprint density at radius 2 is 2.24 bits per heavy atom. The maximum atomic E-state index is 12.2. The standard InChI is InChI=1S/C16H18N4O/c1-11-12(2)19-15-5-4-13(10-14(11)15)16(21)17-7-9-20-8-3-6-18-20/h3-6,8,10,19H,7,9H2,1-2H3,(H,17,21). The van der Waals surface area contributed by atoms with E-state index in [0.717, 1.165) is 16.6 Å². The summed E-state index contributed by atoms with van der Waals surface area (Å²) in [5.74, 6) is -0.0534. The largest absolute Gasteiger partial charge is 0.358 e. The lowest BCUT2D eigenvalue weighted by Crippen LogP contribution is -2.27. The van der Waals surface area contributed by atoms with Crippen LogP contribution < -0.4 is 5.32 Å². The van der Waals surface area contributed by atoms with Gasteiger partial charge in [0.15, 0.2) is 0 Å². The third kappa shape index (κ3) is 2.67. The lowest BCUT2D eigenvalue weighted by Gasteiger charge is -2.06. The predicted octanol–water partition coefficient (Wildman–Crippen LogP) is 2.41. The number of carbonyl (C=O) groups excluding carboxylic acids is 1. The van der Waals surface area contributed by atoms with Crippen LogP contribution in [0.4, 0.5) is 0 Å². The fourth-order valence-electron chi connectivity index (χ4n) is 2.42. The zero-order valence-corrected chi connectivity index (χ0v) is 12.2. The van der Waals surface area contributed by atoms with Crippen molar-refractivity contribution in [1.29, 1.82) is 0 Å². The number of aromatic nitrogens is 3. The van der Waals surface area contributed by atoms with Crippen LogP contribution in [0, 0.1) is 13.8 Å². The Morgan fingerprint density at radius 3 is 3.00 bits per heavy atom. The summed E-state index contributed by atoms with van der Waals surface area (Å²) in [5, 5.41) is 8.12. The first-order chi connectivity index (χ1) is 10.1. The summed E-state index contributed by atoms with van der Waals surface area (Å²) < 4.78 is 1.79. The smallest absolute Gasteiger partial charge is 0.251 e. The summed E-state index contributed by atoms with van der Waals surface area (Å²) in [4.78, 5) is 15.5. The van der Waals surface area contributed by atoms with Gasteiger partial charge in [0.2, 0.25) is 0 Å². The summed E-state index contributed by atoms with van der Waals surface area (Å²) in [6, 6.07) is 7.61. The van der Waals surface area contributed by atoms with Crippen molar-refractivity contribution in [2.24, 2.45) is 0 Å². The van der Waals surface area contributed by atoms with Gasteiger partial charge < -0.3 is 10.3 Å². The summed E-state index contributed by atoms with van der Waals surface area (Å²) in [5.41, 5.74) is 4.08. The average Bonchev–Trinajstić information content (AvgIpc) is 3.08. The molecule has 2 heterocycles. The molecule has 5 nitrogen and oxygen atoms in total. The molecule has 0 unspecified atom stereocenters. The van der Waals surface area contributed by atoms with Gasteiger partial charge in [-0.2, -0.15) is 5.10 Å². The quantitative estimate of drug-likeness (QED) is 0.772. The van der Waals surface area contributed by atoms with Crippen LogP contribution in [-0.2, 0) is 6.54 Å². The number of benzene rings is 1. The topological polar surface area (TPSA) is 62.7 Å². The van der Waals surface area contributed by atoms with Crippen molar-refractivity contribution < 1.29 is 4.79 Å². The number of carbonyl (C=O) groups is 1. The normalized spacial score (nSPS) is 11.0. The Kier molecular flexibility index (Phi) is 3.48. The first kappa shape index (κ1) is 13.4. The molecule has 0 radical (unpaired) electrons. The summed E-state index contributed by atoms with van der Waals surface area (Å²) in [6.45, 7) is 5.33. The molecule has 21 heavy (non-hydrogen) atoms. The number of amides is 1. The van der Waals surface area contributed by atoms with Crippen LogP contribution in [0.1, 0.15) is 21.6 Å². The molecule has 0 aliphatic rings. The SMILES string of the molecule is Cc1[nH]c2ccc(C(=O)NCCn3cccn3)cc2c1C. The van der Waals surface area contributed by atoms with E-state index in [1.54, 1.807) is 10.9 Å². The van der Waals surface area contributed by atoms with Crippen LogP contribution in [0.25, 0.3) is 10.9 Å². The van der Waals surface area contributed by atoms with Gasteiger partial charge in [-0.05, 0) is 43.7 Å². The molecule has 0 saturated carbocycles. The van der Waals surface area contributed by atoms with Gasteiger partial charge in [-0.25, -0.2) is 0 Å². The minimum absolute atomic E-state index is 0.0534. The minimum atomic E-state index is -0.0534. The zero-order chi connectivity index (χ0) is 14.8. The molecule has 0 bridgehead atoms. The molecular formula is C16H18N4O. The van der Waals surface area contributed by atoms with E-state index in [1.165, 1.54) is 5.56 Å². The molecule has 5 heteroatoms. The van der Waals surface area contributed by atoms with Gasteiger partial charge in [-0.15, -0.1) is 0 Å². The molecule has 3 rings (SSSR count). The number of rotatable bonds is 4. The van der Waals surface area contributed by atoms with E-state index in [4.69, 9.17) is 0 Å². The Bertz CT molecular complexity index is 771. The molecule has 1 amide bonds. The molecule has 0 atom stereocenters. The minimum Gasteiger partial charge on any atom is -0.358 e.